The Bertz CT molecular complexity index is 1340. The van der Waals surface area contributed by atoms with Crippen LogP contribution < -0.4 is 4.90 Å². The van der Waals surface area contributed by atoms with Gasteiger partial charge in [-0.25, -0.2) is 0 Å². The highest BCUT2D eigenvalue weighted by atomic mass is 35.5. The number of hydrogen-bond donors (Lipinski definition) is 0. The molecular weight excluding hydrogens is 408 g/mol. The summed E-state index contributed by atoms with van der Waals surface area (Å²) in [5, 5.41) is 0.745. The number of nitrogens with zero attached hydrogens (tertiary/aromatic N) is 2. The first kappa shape index (κ1) is 17.7. The van der Waals surface area contributed by atoms with Crippen LogP contribution in [0.5, 0.6) is 0 Å². The Kier molecular flexibility index (Phi) is 4.12. The number of hydrogen-bond acceptors (Lipinski definition) is 2. The van der Waals surface area contributed by atoms with Gasteiger partial charge in [0.15, 0.2) is 0 Å². The molecular formula is C26H17ClN2S. The molecule has 0 N–H and O–H groups in total. The van der Waals surface area contributed by atoms with E-state index in [1.54, 1.807) is 0 Å². The van der Waals surface area contributed by atoms with Crippen LogP contribution >= 0.6 is 23.4 Å². The van der Waals surface area contributed by atoms with E-state index in [1.165, 1.54) is 26.7 Å². The Hall–Kier alpha value is -3.14. The highest BCUT2D eigenvalue weighted by molar-refractivity contribution is 7.99. The van der Waals surface area contributed by atoms with E-state index in [-0.39, 0.29) is 0 Å². The lowest BCUT2D eigenvalue weighted by Gasteiger charge is -2.33. The zero-order chi connectivity index (χ0) is 20.1. The summed E-state index contributed by atoms with van der Waals surface area (Å²) in [7, 11) is 0. The van der Waals surface area contributed by atoms with E-state index in [0.29, 0.717) is 0 Å². The van der Waals surface area contributed by atoms with Gasteiger partial charge in [0.25, 0.3) is 0 Å². The third kappa shape index (κ3) is 2.74. The quantitative estimate of drug-likeness (QED) is 0.276. The van der Waals surface area contributed by atoms with E-state index in [0.717, 1.165) is 21.9 Å². The summed E-state index contributed by atoms with van der Waals surface area (Å²) in [6, 6.07) is 33.9. The van der Waals surface area contributed by atoms with Gasteiger partial charge in [0.05, 0.1) is 11.4 Å². The smallest absolute Gasteiger partial charge is 0.130 e. The van der Waals surface area contributed by atoms with Crippen LogP contribution in [0.25, 0.3) is 16.6 Å². The van der Waals surface area contributed by atoms with Crippen molar-refractivity contribution in [2.24, 2.45) is 0 Å². The molecule has 0 aliphatic carbocycles. The molecule has 0 spiro atoms. The van der Waals surface area contributed by atoms with Gasteiger partial charge in [0.2, 0.25) is 0 Å². The first-order valence-corrected chi connectivity index (χ1v) is 11.0. The van der Waals surface area contributed by atoms with E-state index >= 15 is 0 Å². The third-order valence-electron chi connectivity index (χ3n) is 5.45. The topological polar surface area (TPSA) is 7.65 Å². The van der Waals surface area contributed by atoms with Gasteiger partial charge in [0.1, 0.15) is 5.82 Å². The summed E-state index contributed by atoms with van der Waals surface area (Å²) in [4.78, 5) is 4.89. The largest absolute Gasteiger partial charge is 0.302 e. The Labute approximate surface area is 184 Å². The van der Waals surface area contributed by atoms with Crippen molar-refractivity contribution >= 4 is 46.1 Å². The van der Waals surface area contributed by atoms with E-state index in [1.807, 2.05) is 23.9 Å². The lowest BCUT2D eigenvalue weighted by molar-refractivity contribution is 1.08. The van der Waals surface area contributed by atoms with Gasteiger partial charge < -0.3 is 4.40 Å². The molecule has 3 heterocycles. The van der Waals surface area contributed by atoms with Gasteiger partial charge in [-0.15, -0.1) is 0 Å². The number of halogens is 1. The van der Waals surface area contributed by atoms with Gasteiger partial charge in [0, 0.05) is 32.1 Å². The molecule has 2 nitrogen and oxygen atoms in total. The summed E-state index contributed by atoms with van der Waals surface area (Å²) in [5.74, 6) is 1.13. The summed E-state index contributed by atoms with van der Waals surface area (Å²) in [5.41, 5.74) is 5.87. The fraction of sp³-hybridized carbons (Fsp3) is 0. The number of benzene rings is 3. The number of aromatic nitrogens is 1. The van der Waals surface area contributed by atoms with Crippen molar-refractivity contribution in [1.82, 2.24) is 4.40 Å². The molecule has 4 heteroatoms. The molecule has 0 saturated carbocycles. The molecule has 1 aliphatic heterocycles. The Morgan fingerprint density at radius 3 is 2.00 bits per heavy atom. The van der Waals surface area contributed by atoms with Crippen molar-refractivity contribution in [3.05, 3.63) is 108 Å². The average molecular weight is 425 g/mol. The van der Waals surface area contributed by atoms with Gasteiger partial charge in [-0.2, -0.15) is 0 Å². The van der Waals surface area contributed by atoms with Crippen molar-refractivity contribution in [2.75, 3.05) is 4.90 Å². The Morgan fingerprint density at radius 2 is 1.30 bits per heavy atom. The van der Waals surface area contributed by atoms with E-state index < -0.39 is 0 Å². The molecule has 0 unspecified atom stereocenters. The average Bonchev–Trinajstić information content (AvgIpc) is 3.17. The highest BCUT2D eigenvalue weighted by Gasteiger charge is 2.28. The van der Waals surface area contributed by atoms with Gasteiger partial charge in [-0.05, 0) is 60.2 Å². The van der Waals surface area contributed by atoms with Crippen LogP contribution in [-0.4, -0.2) is 4.40 Å². The normalized spacial score (nSPS) is 12.6. The molecule has 1 aliphatic rings. The molecule has 0 atom stereocenters. The number of pyridine rings is 1. The van der Waals surface area contributed by atoms with Crippen LogP contribution in [0.1, 0.15) is 0 Å². The highest BCUT2D eigenvalue weighted by Crippen LogP contribution is 2.53. The Morgan fingerprint density at radius 1 is 0.667 bits per heavy atom. The van der Waals surface area contributed by atoms with Crippen LogP contribution in [0.2, 0.25) is 5.02 Å². The molecule has 0 radical (unpaired) electrons. The maximum absolute atomic E-state index is 6.18. The predicted octanol–water partition coefficient (Wildman–Crippen LogP) is 8.19. The maximum Gasteiger partial charge on any atom is 0.130 e. The maximum atomic E-state index is 6.18. The molecule has 144 valence electrons. The van der Waals surface area contributed by atoms with Crippen molar-refractivity contribution in [1.29, 1.82) is 0 Å². The lowest BCUT2D eigenvalue weighted by atomic mass is 10.1. The molecule has 30 heavy (non-hydrogen) atoms. The summed E-state index contributed by atoms with van der Waals surface area (Å²) < 4.78 is 2.27. The first-order valence-electron chi connectivity index (χ1n) is 9.82. The van der Waals surface area contributed by atoms with Crippen molar-refractivity contribution < 1.29 is 0 Å². The predicted molar refractivity (Wildman–Crippen MR) is 127 cm³/mol. The fourth-order valence-electron chi connectivity index (χ4n) is 4.11. The molecule has 6 rings (SSSR count). The first-order chi connectivity index (χ1) is 14.8. The molecule has 0 saturated heterocycles. The van der Waals surface area contributed by atoms with Crippen LogP contribution in [-0.2, 0) is 0 Å². The number of rotatable bonds is 2. The number of fused-ring (bicyclic) bond motifs is 3. The summed E-state index contributed by atoms with van der Waals surface area (Å²) in [6.07, 6.45) is 2.14. The number of para-hydroxylation sites is 2. The monoisotopic (exact) mass is 424 g/mol. The van der Waals surface area contributed by atoms with Crippen LogP contribution in [0.4, 0.5) is 17.2 Å². The zero-order valence-corrected chi connectivity index (χ0v) is 17.6. The summed E-state index contributed by atoms with van der Waals surface area (Å²) >= 11 is 8.01. The SMILES string of the molecule is Clc1ccc(-c2cc3ccccn3c2N2c3ccccc3Sc3ccccc32)cc1. The van der Waals surface area contributed by atoms with Gasteiger partial charge in [-0.1, -0.05) is 65.8 Å². The molecule has 0 amide bonds. The molecule has 0 bridgehead atoms. The molecule has 3 aromatic carbocycles. The van der Waals surface area contributed by atoms with E-state index in [4.69, 9.17) is 11.6 Å². The fourth-order valence-corrected chi connectivity index (χ4v) is 5.30. The lowest BCUT2D eigenvalue weighted by Crippen LogP contribution is -2.17. The third-order valence-corrected chi connectivity index (χ3v) is 6.83. The van der Waals surface area contributed by atoms with Crippen LogP contribution in [0.3, 0.4) is 0 Å². The van der Waals surface area contributed by atoms with Crippen LogP contribution in [0, 0.1) is 0 Å². The molecule has 5 aromatic rings. The summed E-state index contributed by atoms with van der Waals surface area (Å²) in [6.45, 7) is 0. The Balaban J connectivity index is 1.70. The van der Waals surface area contributed by atoms with E-state index in [2.05, 4.69) is 100 Å². The molecule has 0 fully saturated rings. The van der Waals surface area contributed by atoms with Gasteiger partial charge in [-0.3, -0.25) is 4.90 Å². The van der Waals surface area contributed by atoms with Crippen molar-refractivity contribution in [3.63, 3.8) is 0 Å². The molecule has 2 aromatic heterocycles. The van der Waals surface area contributed by atoms with Crippen molar-refractivity contribution in [2.45, 2.75) is 9.79 Å². The minimum atomic E-state index is 0.745. The second-order valence-corrected chi connectivity index (χ2v) is 8.78. The van der Waals surface area contributed by atoms with Crippen LogP contribution in [0.15, 0.2) is 113 Å². The minimum Gasteiger partial charge on any atom is -0.302 e. The van der Waals surface area contributed by atoms with Gasteiger partial charge >= 0.3 is 0 Å². The van der Waals surface area contributed by atoms with Crippen molar-refractivity contribution in [3.8, 4) is 11.1 Å². The van der Waals surface area contributed by atoms with E-state index in [9.17, 15) is 0 Å². The zero-order valence-electron chi connectivity index (χ0n) is 16.0. The number of anilines is 3. The standard InChI is InChI=1S/C26H17ClN2S/c27-19-14-12-18(13-15-19)21-17-20-7-5-6-16-28(20)26(21)29-22-8-1-3-10-24(22)30-25-11-4-2-9-23(25)29/h1-17H. The second kappa shape index (κ2) is 6.98. The minimum absolute atomic E-state index is 0.745. The second-order valence-electron chi connectivity index (χ2n) is 7.26.